The summed E-state index contributed by atoms with van der Waals surface area (Å²) in [4.78, 5) is 25.2. The summed E-state index contributed by atoms with van der Waals surface area (Å²) in [5.74, 6) is -0.0683. The number of fused-ring (bicyclic) bond motifs is 1. The summed E-state index contributed by atoms with van der Waals surface area (Å²) in [6, 6.07) is 15.6. The molecule has 1 heterocycles. The van der Waals surface area contributed by atoms with Crippen LogP contribution in [0.4, 0.5) is 4.39 Å². The minimum absolute atomic E-state index is 0.0787. The first-order chi connectivity index (χ1) is 14.5. The van der Waals surface area contributed by atoms with Crippen LogP contribution in [-0.2, 0) is 0 Å². The number of hydrogen-bond acceptors (Lipinski definition) is 5. The van der Waals surface area contributed by atoms with E-state index in [2.05, 4.69) is 0 Å². The Morgan fingerprint density at radius 1 is 1.07 bits per heavy atom. The van der Waals surface area contributed by atoms with Gasteiger partial charge in [-0.05, 0) is 61.0 Å². The van der Waals surface area contributed by atoms with Crippen LogP contribution >= 0.6 is 0 Å². The molecule has 0 saturated heterocycles. The molecule has 30 heavy (non-hydrogen) atoms. The molecule has 150 valence electrons. The molecule has 0 aromatic heterocycles. The molecule has 4 rings (SSSR count). The zero-order valence-corrected chi connectivity index (χ0v) is 16.3. The van der Waals surface area contributed by atoms with Gasteiger partial charge in [0.25, 0.3) is 0 Å². The van der Waals surface area contributed by atoms with E-state index >= 15 is 0 Å². The predicted molar refractivity (Wildman–Crippen MR) is 108 cm³/mol. The van der Waals surface area contributed by atoms with Crippen LogP contribution in [0.3, 0.4) is 0 Å². The van der Waals surface area contributed by atoms with Gasteiger partial charge in [-0.25, -0.2) is 9.18 Å². The van der Waals surface area contributed by atoms with Crippen molar-refractivity contribution in [2.75, 3.05) is 7.11 Å². The lowest BCUT2D eigenvalue weighted by molar-refractivity contribution is 0.0732. The summed E-state index contributed by atoms with van der Waals surface area (Å²) < 4.78 is 29.8. The monoisotopic (exact) mass is 404 g/mol. The van der Waals surface area contributed by atoms with Crippen molar-refractivity contribution in [3.8, 4) is 17.2 Å². The molecule has 6 heteroatoms. The van der Waals surface area contributed by atoms with Crippen molar-refractivity contribution in [2.24, 2.45) is 0 Å². The number of ketones is 1. The van der Waals surface area contributed by atoms with Crippen molar-refractivity contribution >= 4 is 17.8 Å². The molecular weight excluding hydrogens is 387 g/mol. The molecule has 0 unspecified atom stereocenters. The second-order valence-corrected chi connectivity index (χ2v) is 6.68. The highest BCUT2D eigenvalue weighted by atomic mass is 19.1. The van der Waals surface area contributed by atoms with Gasteiger partial charge >= 0.3 is 5.97 Å². The number of hydrogen-bond donors (Lipinski definition) is 0. The molecule has 1 aliphatic rings. The molecular formula is C24H17FO5. The van der Waals surface area contributed by atoms with Gasteiger partial charge in [-0.2, -0.15) is 0 Å². The first-order valence-electron chi connectivity index (χ1n) is 9.16. The van der Waals surface area contributed by atoms with Crippen molar-refractivity contribution in [3.05, 3.63) is 94.5 Å². The third-order valence-electron chi connectivity index (χ3n) is 4.69. The van der Waals surface area contributed by atoms with E-state index in [1.807, 2.05) is 0 Å². The van der Waals surface area contributed by atoms with Gasteiger partial charge in [0, 0.05) is 5.56 Å². The first-order valence-corrected chi connectivity index (χ1v) is 9.16. The number of ether oxygens (including phenoxy) is 3. The van der Waals surface area contributed by atoms with Gasteiger partial charge in [0.2, 0.25) is 5.78 Å². The Labute approximate surface area is 172 Å². The fourth-order valence-electron chi connectivity index (χ4n) is 3.14. The largest absolute Gasteiger partial charge is 0.497 e. The van der Waals surface area contributed by atoms with Crippen molar-refractivity contribution in [2.45, 2.75) is 6.92 Å². The van der Waals surface area contributed by atoms with E-state index in [0.29, 0.717) is 33.8 Å². The number of rotatable bonds is 4. The first kappa shape index (κ1) is 19.4. The molecule has 0 atom stereocenters. The van der Waals surface area contributed by atoms with Gasteiger partial charge in [-0.15, -0.1) is 0 Å². The van der Waals surface area contributed by atoms with Crippen LogP contribution in [-0.4, -0.2) is 18.9 Å². The van der Waals surface area contributed by atoms with Crippen molar-refractivity contribution in [1.82, 2.24) is 0 Å². The summed E-state index contributed by atoms with van der Waals surface area (Å²) in [5, 5.41) is 0. The third kappa shape index (κ3) is 3.67. The average molecular weight is 404 g/mol. The molecule has 0 radical (unpaired) electrons. The van der Waals surface area contributed by atoms with E-state index in [9.17, 15) is 14.0 Å². The van der Waals surface area contributed by atoms with Gasteiger partial charge in [0.15, 0.2) is 5.76 Å². The smallest absolute Gasteiger partial charge is 0.343 e. The molecule has 0 saturated carbocycles. The molecule has 5 nitrogen and oxygen atoms in total. The van der Waals surface area contributed by atoms with Gasteiger partial charge in [0.1, 0.15) is 23.1 Å². The summed E-state index contributed by atoms with van der Waals surface area (Å²) in [6.45, 7) is 1.70. The van der Waals surface area contributed by atoms with Gasteiger partial charge in [0.05, 0.1) is 18.2 Å². The Hall–Kier alpha value is -3.93. The Morgan fingerprint density at radius 3 is 2.63 bits per heavy atom. The maximum Gasteiger partial charge on any atom is 0.343 e. The molecule has 3 aromatic carbocycles. The van der Waals surface area contributed by atoms with E-state index in [-0.39, 0.29) is 17.3 Å². The lowest BCUT2D eigenvalue weighted by Crippen LogP contribution is -2.09. The molecule has 1 aliphatic heterocycles. The highest BCUT2D eigenvalue weighted by Crippen LogP contribution is 2.39. The molecule has 0 spiro atoms. The highest BCUT2D eigenvalue weighted by Gasteiger charge is 2.30. The number of esters is 1. The Morgan fingerprint density at radius 2 is 1.87 bits per heavy atom. The van der Waals surface area contributed by atoms with Crippen LogP contribution in [0.1, 0.15) is 31.8 Å². The Bertz CT molecular complexity index is 1200. The lowest BCUT2D eigenvalue weighted by Gasteiger charge is -2.10. The third-order valence-corrected chi connectivity index (χ3v) is 4.69. The zero-order valence-electron chi connectivity index (χ0n) is 16.3. The average Bonchev–Trinajstić information content (AvgIpc) is 3.06. The van der Waals surface area contributed by atoms with Gasteiger partial charge in [-0.1, -0.05) is 18.2 Å². The van der Waals surface area contributed by atoms with E-state index in [4.69, 9.17) is 14.2 Å². The normalized spacial score (nSPS) is 13.7. The quantitative estimate of drug-likeness (QED) is 0.349. The topological polar surface area (TPSA) is 61.8 Å². The second kappa shape index (κ2) is 7.83. The SMILES string of the molecule is COc1cccc(C(=O)Oc2ccc3c(c2C)O/C(=C\c2cccc(F)c2)C3=O)c1. The Balaban J connectivity index is 1.61. The molecule has 3 aromatic rings. The Kier molecular flexibility index (Phi) is 5.06. The van der Waals surface area contributed by atoms with Gasteiger partial charge in [-0.3, -0.25) is 4.79 Å². The number of halogens is 1. The molecule has 0 amide bonds. The van der Waals surface area contributed by atoms with Crippen molar-refractivity contribution in [3.63, 3.8) is 0 Å². The molecule has 0 aliphatic carbocycles. The minimum atomic E-state index is -0.559. The summed E-state index contributed by atoms with van der Waals surface area (Å²) >= 11 is 0. The van der Waals surface area contributed by atoms with Crippen LogP contribution < -0.4 is 14.2 Å². The van der Waals surface area contributed by atoms with E-state index in [0.717, 1.165) is 0 Å². The maximum atomic E-state index is 13.4. The molecule has 0 N–H and O–H groups in total. The van der Waals surface area contributed by atoms with Gasteiger partial charge < -0.3 is 14.2 Å². The number of methoxy groups -OCH3 is 1. The fourth-order valence-corrected chi connectivity index (χ4v) is 3.14. The molecule has 0 bridgehead atoms. The number of carbonyl (C=O) groups is 2. The summed E-state index contributed by atoms with van der Waals surface area (Å²) in [7, 11) is 1.51. The van der Waals surface area contributed by atoms with Crippen LogP contribution in [0.25, 0.3) is 6.08 Å². The van der Waals surface area contributed by atoms with Crippen LogP contribution in [0.2, 0.25) is 0 Å². The van der Waals surface area contributed by atoms with Crippen LogP contribution in [0.15, 0.2) is 66.4 Å². The van der Waals surface area contributed by atoms with E-state index in [1.165, 1.54) is 25.3 Å². The van der Waals surface area contributed by atoms with Crippen molar-refractivity contribution in [1.29, 1.82) is 0 Å². The number of allylic oxidation sites excluding steroid dienone is 1. The lowest BCUT2D eigenvalue weighted by atomic mass is 10.1. The number of carbonyl (C=O) groups excluding carboxylic acids is 2. The predicted octanol–water partition coefficient (Wildman–Crippen LogP) is 4.98. The molecule has 0 fully saturated rings. The zero-order chi connectivity index (χ0) is 21.3. The van der Waals surface area contributed by atoms with E-state index in [1.54, 1.807) is 55.5 Å². The number of Topliss-reactive ketones (excluding diaryl/α,β-unsaturated/α-hetero) is 1. The van der Waals surface area contributed by atoms with E-state index < -0.39 is 11.8 Å². The second-order valence-electron chi connectivity index (χ2n) is 6.68. The van der Waals surface area contributed by atoms with Crippen LogP contribution in [0.5, 0.6) is 17.2 Å². The fraction of sp³-hybridized carbons (Fsp3) is 0.0833. The standard InChI is InChI=1S/C24H17FO5/c1-14-20(30-24(27)16-6-4-8-18(13-16)28-2)10-9-19-22(26)21(29-23(14)19)12-15-5-3-7-17(25)11-15/h3-13H,1-2H3/b21-12-. The number of benzene rings is 3. The maximum absolute atomic E-state index is 13.4. The van der Waals surface area contributed by atoms with Crippen molar-refractivity contribution < 1.29 is 28.2 Å². The summed E-state index contributed by atoms with van der Waals surface area (Å²) in [6.07, 6.45) is 1.48. The minimum Gasteiger partial charge on any atom is -0.497 e. The van der Waals surface area contributed by atoms with Crippen LogP contribution in [0, 0.1) is 12.7 Å². The summed E-state index contributed by atoms with van der Waals surface area (Å²) in [5.41, 5.74) is 1.71. The highest BCUT2D eigenvalue weighted by molar-refractivity contribution is 6.15.